The minimum Gasteiger partial charge on any atom is -0.477 e. The molecule has 0 aliphatic carbocycles. The van der Waals surface area contributed by atoms with Crippen molar-refractivity contribution in [3.63, 3.8) is 0 Å². The van der Waals surface area contributed by atoms with E-state index in [1.54, 1.807) is 0 Å². The van der Waals surface area contributed by atoms with Gasteiger partial charge in [0.2, 0.25) is 0 Å². The van der Waals surface area contributed by atoms with Gasteiger partial charge in [-0.15, -0.1) is 0 Å². The Morgan fingerprint density at radius 3 is 0.962 bits per heavy atom. The molecule has 26 heavy (non-hydrogen) atoms. The fourth-order valence-electron chi connectivity index (χ4n) is 1.10. The van der Waals surface area contributed by atoms with Crippen molar-refractivity contribution in [2.45, 2.75) is 41.7 Å². The SMILES string of the molecule is O=C(O)C(F)(F)C(F)(F)C(F)(F)C(F)(F)C(F)(F)C(F)(F)C(F)(F)F.[Fe]. The third-order valence-corrected chi connectivity index (χ3v) is 2.60. The van der Waals surface area contributed by atoms with Crippen molar-refractivity contribution in [2.75, 3.05) is 0 Å². The molecule has 0 heterocycles. The summed E-state index contributed by atoms with van der Waals surface area (Å²) in [5, 5.41) is 7.57. The van der Waals surface area contributed by atoms with Crippen LogP contribution in [0.1, 0.15) is 0 Å². The van der Waals surface area contributed by atoms with Crippen LogP contribution in [0.3, 0.4) is 0 Å². The van der Waals surface area contributed by atoms with Crippen LogP contribution in [0.15, 0.2) is 0 Å². The normalized spacial score (nSPS) is 15.5. The van der Waals surface area contributed by atoms with Gasteiger partial charge in [-0.25, -0.2) is 4.79 Å². The van der Waals surface area contributed by atoms with Crippen LogP contribution in [0.25, 0.3) is 0 Å². The number of carbonyl (C=O) groups is 1. The van der Waals surface area contributed by atoms with Crippen LogP contribution < -0.4 is 0 Å². The molecule has 0 saturated heterocycles. The maximum Gasteiger partial charge on any atom is 0.460 e. The van der Waals surface area contributed by atoms with Crippen LogP contribution >= 0.6 is 0 Å². The Morgan fingerprint density at radius 1 is 0.500 bits per heavy atom. The van der Waals surface area contributed by atoms with E-state index in [2.05, 4.69) is 0 Å². The topological polar surface area (TPSA) is 37.3 Å². The van der Waals surface area contributed by atoms with Crippen LogP contribution in [-0.2, 0) is 21.9 Å². The number of aliphatic carboxylic acids is 1. The summed E-state index contributed by atoms with van der Waals surface area (Å²) in [6, 6.07) is 0. The van der Waals surface area contributed by atoms with Crippen molar-refractivity contribution in [3.05, 3.63) is 0 Å². The summed E-state index contributed by atoms with van der Waals surface area (Å²) in [6.07, 6.45) is -7.69. The summed E-state index contributed by atoms with van der Waals surface area (Å²) in [6.45, 7) is 0. The third-order valence-electron chi connectivity index (χ3n) is 2.60. The van der Waals surface area contributed by atoms with E-state index < -0.39 is 47.7 Å². The average molecular weight is 470 g/mol. The van der Waals surface area contributed by atoms with Crippen molar-refractivity contribution >= 4 is 5.97 Å². The van der Waals surface area contributed by atoms with E-state index in [1.165, 1.54) is 0 Å². The smallest absolute Gasteiger partial charge is 0.460 e. The summed E-state index contributed by atoms with van der Waals surface area (Å²) in [5.74, 6) is -52.8. The zero-order valence-electron chi connectivity index (χ0n) is 10.9. The van der Waals surface area contributed by atoms with E-state index in [0.717, 1.165) is 0 Å². The molecule has 0 radical (unpaired) electrons. The van der Waals surface area contributed by atoms with Crippen molar-refractivity contribution in [1.82, 2.24) is 0 Å². The van der Waals surface area contributed by atoms with Gasteiger partial charge >= 0.3 is 47.7 Å². The molecule has 2 nitrogen and oxygen atoms in total. The van der Waals surface area contributed by atoms with Gasteiger partial charge in [0.1, 0.15) is 0 Å². The largest absolute Gasteiger partial charge is 0.477 e. The molecule has 0 aromatic rings. The first-order valence-electron chi connectivity index (χ1n) is 5.01. The number of hydrogen-bond acceptors (Lipinski definition) is 1. The molecule has 0 aromatic carbocycles. The van der Waals surface area contributed by atoms with Gasteiger partial charge in [0.05, 0.1) is 0 Å². The van der Waals surface area contributed by atoms with Crippen LogP contribution in [-0.4, -0.2) is 52.8 Å². The molecule has 0 saturated carbocycles. The second-order valence-corrected chi connectivity index (χ2v) is 4.25. The zero-order valence-corrected chi connectivity index (χ0v) is 12.0. The summed E-state index contributed by atoms with van der Waals surface area (Å²) < 4.78 is 187. The fraction of sp³-hybridized carbons (Fsp3) is 0.875. The Morgan fingerprint density at radius 2 is 0.731 bits per heavy atom. The van der Waals surface area contributed by atoms with Crippen molar-refractivity contribution in [1.29, 1.82) is 0 Å². The van der Waals surface area contributed by atoms with Gasteiger partial charge in [0.25, 0.3) is 0 Å². The van der Waals surface area contributed by atoms with E-state index in [4.69, 9.17) is 5.11 Å². The van der Waals surface area contributed by atoms with Gasteiger partial charge in [0.15, 0.2) is 0 Å². The summed E-state index contributed by atoms with van der Waals surface area (Å²) in [4.78, 5) is 9.72. The Hall–Kier alpha value is -1.06. The van der Waals surface area contributed by atoms with E-state index in [9.17, 15) is 70.7 Å². The fourth-order valence-corrected chi connectivity index (χ4v) is 1.10. The van der Waals surface area contributed by atoms with Gasteiger partial charge in [0, 0.05) is 17.1 Å². The number of halogens is 15. The second kappa shape index (κ2) is 6.52. The maximum atomic E-state index is 12.8. The molecule has 0 aliphatic heterocycles. The Balaban J connectivity index is 0. The van der Waals surface area contributed by atoms with Crippen LogP contribution in [0.4, 0.5) is 65.9 Å². The van der Waals surface area contributed by atoms with Gasteiger partial charge in [-0.05, 0) is 0 Å². The Kier molecular flexibility index (Phi) is 6.82. The molecule has 0 fully saturated rings. The molecular weight excluding hydrogens is 469 g/mol. The molecule has 0 unspecified atom stereocenters. The molecule has 0 rings (SSSR count). The number of carboxylic acids is 1. The number of rotatable bonds is 6. The number of alkyl halides is 15. The van der Waals surface area contributed by atoms with Crippen molar-refractivity contribution in [3.8, 4) is 0 Å². The monoisotopic (exact) mass is 470 g/mol. The molecule has 0 bridgehead atoms. The van der Waals surface area contributed by atoms with Crippen molar-refractivity contribution < 1.29 is 92.8 Å². The summed E-state index contributed by atoms with van der Waals surface area (Å²) >= 11 is 0. The van der Waals surface area contributed by atoms with Gasteiger partial charge in [-0.2, -0.15) is 65.9 Å². The predicted octanol–water partition coefficient (Wildman–Crippen LogP) is 4.44. The molecule has 0 amide bonds. The standard InChI is InChI=1S/C8HF15O2.Fe/c9-2(10,1(24)25)3(11,12)4(13,14)5(15,16)6(17,18)7(19,20)8(21,22)23;/h(H,24,25);. The summed E-state index contributed by atoms with van der Waals surface area (Å²) in [5.41, 5.74) is 0. The maximum absolute atomic E-state index is 12.8. The molecule has 158 valence electrons. The quantitative estimate of drug-likeness (QED) is 0.461. The van der Waals surface area contributed by atoms with E-state index >= 15 is 0 Å². The van der Waals surface area contributed by atoms with Gasteiger partial charge < -0.3 is 5.11 Å². The van der Waals surface area contributed by atoms with Crippen molar-refractivity contribution in [2.24, 2.45) is 0 Å². The number of hydrogen-bond donors (Lipinski definition) is 1. The van der Waals surface area contributed by atoms with E-state index in [1.807, 2.05) is 0 Å². The minimum absolute atomic E-state index is 0. The second-order valence-electron chi connectivity index (χ2n) is 4.25. The molecule has 18 heteroatoms. The Bertz CT molecular complexity index is 536. The predicted molar refractivity (Wildman–Crippen MR) is 43.4 cm³/mol. The van der Waals surface area contributed by atoms with Crippen LogP contribution in [0, 0.1) is 0 Å². The molecule has 0 atom stereocenters. The summed E-state index contributed by atoms with van der Waals surface area (Å²) in [7, 11) is 0. The number of carboxylic acid groups (broad SMARTS) is 1. The first kappa shape index (κ1) is 27.2. The molecule has 1 N–H and O–H groups in total. The third kappa shape index (κ3) is 3.18. The first-order valence-corrected chi connectivity index (χ1v) is 5.01. The molecule has 0 spiro atoms. The van der Waals surface area contributed by atoms with E-state index in [0.29, 0.717) is 0 Å². The van der Waals surface area contributed by atoms with Crippen LogP contribution in [0.5, 0.6) is 0 Å². The van der Waals surface area contributed by atoms with Crippen LogP contribution in [0.2, 0.25) is 0 Å². The van der Waals surface area contributed by atoms with Gasteiger partial charge in [-0.1, -0.05) is 0 Å². The van der Waals surface area contributed by atoms with E-state index in [-0.39, 0.29) is 17.1 Å². The molecule has 0 aromatic heterocycles. The van der Waals surface area contributed by atoms with Gasteiger partial charge in [-0.3, -0.25) is 0 Å². The minimum atomic E-state index is -8.47. The first-order chi connectivity index (χ1) is 10.4. The molecule has 0 aliphatic rings. The average Bonchev–Trinajstić information content (AvgIpc) is 2.35. The Labute approximate surface area is 141 Å². The zero-order chi connectivity index (χ0) is 21.1. The molecular formula is C8HF15FeO2.